The van der Waals surface area contributed by atoms with E-state index < -0.39 is 11.9 Å². The lowest BCUT2D eigenvalue weighted by atomic mass is 9.83. The molecule has 45 heavy (non-hydrogen) atoms. The Morgan fingerprint density at radius 1 is 0.978 bits per heavy atom. The molecule has 1 aromatic heterocycles. The Morgan fingerprint density at radius 3 is 2.51 bits per heavy atom. The summed E-state index contributed by atoms with van der Waals surface area (Å²) in [5.74, 6) is 0.143. The Kier molecular flexibility index (Phi) is 8.74. The maximum Gasteiger partial charge on any atom is 0.355 e. The topological polar surface area (TPSA) is 104 Å². The normalized spacial score (nSPS) is 14.0. The number of rotatable bonds is 7. The highest BCUT2D eigenvalue weighted by molar-refractivity contribution is 7.21. The molecule has 4 aromatic carbocycles. The first-order valence-corrected chi connectivity index (χ1v) is 15.6. The van der Waals surface area contributed by atoms with Crippen LogP contribution in [0.25, 0.3) is 10.1 Å². The van der Waals surface area contributed by atoms with Crippen LogP contribution in [0, 0.1) is 11.3 Å². The van der Waals surface area contributed by atoms with Crippen LogP contribution in [0.1, 0.15) is 32.3 Å². The quantitative estimate of drug-likeness (QED) is 0.133. The molecule has 0 spiro atoms. The summed E-state index contributed by atoms with van der Waals surface area (Å²) >= 11 is 26.1. The fourth-order valence-corrected chi connectivity index (χ4v) is 7.07. The lowest BCUT2D eigenvalue weighted by Gasteiger charge is -2.27. The molecule has 6 rings (SSSR count). The van der Waals surface area contributed by atoms with Crippen molar-refractivity contribution in [2.24, 2.45) is 5.73 Å². The van der Waals surface area contributed by atoms with Crippen LogP contribution in [0.3, 0.4) is 0 Å². The number of hydrogen-bond donors (Lipinski definition) is 1. The molecule has 1 unspecified atom stereocenters. The molecular weight excluding hydrogens is 678 g/mol. The van der Waals surface area contributed by atoms with Crippen molar-refractivity contribution in [2.75, 3.05) is 7.11 Å². The van der Waals surface area contributed by atoms with Crippen molar-refractivity contribution in [2.45, 2.75) is 12.5 Å². The number of fused-ring (bicyclic) bond motifs is 2. The predicted octanol–water partition coefficient (Wildman–Crippen LogP) is 9.54. The van der Waals surface area contributed by atoms with Gasteiger partial charge in [-0.1, -0.05) is 70.7 Å². The van der Waals surface area contributed by atoms with Crippen LogP contribution in [0.5, 0.6) is 23.0 Å². The summed E-state index contributed by atoms with van der Waals surface area (Å²) < 4.78 is 23.9. The average Bonchev–Trinajstić information content (AvgIpc) is 3.35. The van der Waals surface area contributed by atoms with E-state index in [1.807, 2.05) is 6.07 Å². The summed E-state index contributed by atoms with van der Waals surface area (Å²) in [6, 6.07) is 22.7. The zero-order valence-corrected chi connectivity index (χ0v) is 27.0. The number of carbonyl (C=O) groups excluding carboxylic acids is 1. The van der Waals surface area contributed by atoms with Gasteiger partial charge in [-0.15, -0.1) is 11.3 Å². The first kappa shape index (κ1) is 30.9. The highest BCUT2D eigenvalue weighted by Gasteiger charge is 2.32. The van der Waals surface area contributed by atoms with E-state index in [1.54, 1.807) is 66.7 Å². The van der Waals surface area contributed by atoms with Crippen LogP contribution in [0.2, 0.25) is 20.1 Å². The van der Waals surface area contributed by atoms with Crippen molar-refractivity contribution in [3.05, 3.63) is 126 Å². The SMILES string of the molecule is COc1cc(C2C(C#N)=C(N)Oc3cc(OC(=O)c4sc5cc(Cl)ccc5c4Cl)ccc32)ccc1OCc1ccc(Cl)cc1Cl. The standard InChI is InChI=1S/C33H20Cl4N2O5S/c1-41-27-10-16(3-9-25(27)42-15-17-2-4-18(34)11-24(17)36)29-21-8-6-20(13-26(21)44-32(39)23(29)14-38)43-33(40)31-30(37)22-7-5-19(35)12-28(22)45-31/h2-13,29H,15,39H2,1H3. The van der Waals surface area contributed by atoms with Gasteiger partial charge in [-0.2, -0.15) is 5.26 Å². The number of esters is 1. The van der Waals surface area contributed by atoms with Gasteiger partial charge in [0.05, 0.1) is 18.1 Å². The Hall–Kier alpha value is -4.10. The molecule has 2 heterocycles. The summed E-state index contributed by atoms with van der Waals surface area (Å²) in [6.07, 6.45) is 0. The van der Waals surface area contributed by atoms with E-state index >= 15 is 0 Å². The van der Waals surface area contributed by atoms with E-state index in [0.717, 1.165) is 10.3 Å². The number of allylic oxidation sites excluding steroid dienone is 1. The second-order valence-electron chi connectivity index (χ2n) is 9.83. The van der Waals surface area contributed by atoms with Gasteiger partial charge in [0.25, 0.3) is 0 Å². The molecule has 1 aliphatic rings. The molecule has 0 saturated carbocycles. The van der Waals surface area contributed by atoms with Gasteiger partial charge < -0.3 is 24.7 Å². The molecular formula is C33H20Cl4N2O5S. The van der Waals surface area contributed by atoms with Gasteiger partial charge in [-0.3, -0.25) is 0 Å². The van der Waals surface area contributed by atoms with E-state index in [4.69, 9.17) is 71.1 Å². The number of halogens is 4. The highest BCUT2D eigenvalue weighted by Crippen LogP contribution is 2.45. The number of nitrogens with two attached hydrogens (primary N) is 1. The number of methoxy groups -OCH3 is 1. The van der Waals surface area contributed by atoms with Gasteiger partial charge in [-0.25, -0.2) is 4.79 Å². The van der Waals surface area contributed by atoms with Crippen LogP contribution < -0.4 is 24.7 Å². The molecule has 7 nitrogen and oxygen atoms in total. The molecule has 2 N–H and O–H groups in total. The first-order chi connectivity index (χ1) is 21.7. The molecule has 0 aliphatic carbocycles. The minimum absolute atomic E-state index is 0.0698. The molecule has 0 bridgehead atoms. The lowest BCUT2D eigenvalue weighted by molar-refractivity contribution is 0.0740. The molecule has 12 heteroatoms. The molecule has 1 aliphatic heterocycles. The molecule has 1 atom stereocenters. The summed E-state index contributed by atoms with van der Waals surface area (Å²) in [7, 11) is 1.52. The third-order valence-electron chi connectivity index (χ3n) is 7.10. The third kappa shape index (κ3) is 6.10. The second-order valence-corrected chi connectivity index (χ2v) is 12.5. The monoisotopic (exact) mass is 696 g/mol. The Bertz CT molecular complexity index is 2070. The van der Waals surface area contributed by atoms with Crippen molar-refractivity contribution in [3.63, 3.8) is 0 Å². The van der Waals surface area contributed by atoms with Crippen LogP contribution in [-0.2, 0) is 6.61 Å². The minimum Gasteiger partial charge on any atom is -0.493 e. The average molecular weight is 698 g/mol. The van der Waals surface area contributed by atoms with Crippen molar-refractivity contribution in [1.29, 1.82) is 5.26 Å². The third-order valence-corrected chi connectivity index (χ3v) is 9.56. The predicted molar refractivity (Wildman–Crippen MR) is 176 cm³/mol. The summed E-state index contributed by atoms with van der Waals surface area (Å²) in [5.41, 5.74) is 8.52. The van der Waals surface area contributed by atoms with Gasteiger partial charge in [0.1, 0.15) is 34.6 Å². The van der Waals surface area contributed by atoms with Crippen LogP contribution >= 0.6 is 57.7 Å². The number of carbonyl (C=O) groups is 1. The van der Waals surface area contributed by atoms with Crippen molar-refractivity contribution in [1.82, 2.24) is 0 Å². The first-order valence-electron chi connectivity index (χ1n) is 13.2. The van der Waals surface area contributed by atoms with E-state index in [-0.39, 0.29) is 33.7 Å². The number of ether oxygens (including phenoxy) is 4. The number of thiophene rings is 1. The van der Waals surface area contributed by atoms with E-state index in [0.29, 0.717) is 48.8 Å². The van der Waals surface area contributed by atoms with Gasteiger partial charge >= 0.3 is 5.97 Å². The fraction of sp³-hybridized carbons (Fsp3) is 0.0909. The maximum absolute atomic E-state index is 13.1. The summed E-state index contributed by atoms with van der Waals surface area (Å²) in [5, 5.41) is 12.6. The van der Waals surface area contributed by atoms with Crippen molar-refractivity contribution < 1.29 is 23.7 Å². The number of nitrogens with zero attached hydrogens (tertiary/aromatic N) is 1. The van der Waals surface area contributed by atoms with E-state index in [9.17, 15) is 10.1 Å². The zero-order chi connectivity index (χ0) is 31.8. The molecule has 5 aromatic rings. The Labute approximate surface area is 281 Å². The fourth-order valence-electron chi connectivity index (χ4n) is 4.94. The number of benzene rings is 4. The van der Waals surface area contributed by atoms with Gasteiger partial charge in [0, 0.05) is 42.3 Å². The summed E-state index contributed by atoms with van der Waals surface area (Å²) in [6.45, 7) is 0.185. The number of nitriles is 1. The minimum atomic E-state index is -0.633. The van der Waals surface area contributed by atoms with Gasteiger partial charge in [-0.05, 0) is 48.0 Å². The summed E-state index contributed by atoms with van der Waals surface area (Å²) in [4.78, 5) is 13.3. The molecule has 226 valence electrons. The molecule has 0 fully saturated rings. The molecule has 0 amide bonds. The largest absolute Gasteiger partial charge is 0.493 e. The van der Waals surface area contributed by atoms with E-state index in [2.05, 4.69) is 6.07 Å². The van der Waals surface area contributed by atoms with Crippen molar-refractivity contribution >= 4 is 73.8 Å². The van der Waals surface area contributed by atoms with Crippen LogP contribution in [-0.4, -0.2) is 13.1 Å². The van der Waals surface area contributed by atoms with Crippen LogP contribution in [0.4, 0.5) is 0 Å². The molecule has 0 saturated heterocycles. The van der Waals surface area contributed by atoms with Gasteiger partial charge in [0.2, 0.25) is 5.88 Å². The maximum atomic E-state index is 13.1. The lowest BCUT2D eigenvalue weighted by Crippen LogP contribution is -2.21. The zero-order valence-electron chi connectivity index (χ0n) is 23.2. The smallest absolute Gasteiger partial charge is 0.355 e. The van der Waals surface area contributed by atoms with Crippen LogP contribution in [0.15, 0.2) is 84.3 Å². The molecule has 0 radical (unpaired) electrons. The van der Waals surface area contributed by atoms with E-state index in [1.165, 1.54) is 18.4 Å². The van der Waals surface area contributed by atoms with Gasteiger partial charge in [0.15, 0.2) is 11.5 Å². The second kappa shape index (κ2) is 12.7. The van der Waals surface area contributed by atoms with Crippen molar-refractivity contribution in [3.8, 4) is 29.1 Å². The Morgan fingerprint density at radius 2 is 1.76 bits per heavy atom. The number of hydrogen-bond acceptors (Lipinski definition) is 8. The highest BCUT2D eigenvalue weighted by atomic mass is 35.5. The Balaban J connectivity index is 1.28.